The van der Waals surface area contributed by atoms with Crippen LogP contribution >= 0.6 is 0 Å². The van der Waals surface area contributed by atoms with E-state index >= 15 is 0 Å². The predicted molar refractivity (Wildman–Crippen MR) is 102 cm³/mol. The van der Waals surface area contributed by atoms with Crippen LogP contribution in [0.3, 0.4) is 0 Å². The van der Waals surface area contributed by atoms with Gasteiger partial charge in [0.15, 0.2) is 5.79 Å². The zero-order valence-electron chi connectivity index (χ0n) is 17.1. The molecule has 2 amide bonds. The number of anilines is 1. The lowest BCUT2D eigenvalue weighted by atomic mass is 9.77. The topological polar surface area (TPSA) is 97.3 Å². The quantitative estimate of drug-likeness (QED) is 0.591. The van der Waals surface area contributed by atoms with Crippen LogP contribution in [-0.2, 0) is 19.1 Å². The van der Waals surface area contributed by atoms with Gasteiger partial charge in [-0.15, -0.1) is 0 Å². The van der Waals surface area contributed by atoms with Gasteiger partial charge in [0.25, 0.3) is 11.8 Å². The highest BCUT2D eigenvalue weighted by atomic mass is 16.7. The van der Waals surface area contributed by atoms with Crippen molar-refractivity contribution in [3.05, 3.63) is 24.3 Å². The van der Waals surface area contributed by atoms with Crippen LogP contribution in [0.1, 0.15) is 34.6 Å². The first-order valence-electron chi connectivity index (χ1n) is 9.23. The summed E-state index contributed by atoms with van der Waals surface area (Å²) in [6.07, 6.45) is -0.662. The fraction of sp³-hybridized carbons (Fsp3) is 0.600. The monoisotopic (exact) mass is 392 g/mol. The highest BCUT2D eigenvalue weighted by Crippen LogP contribution is 2.42. The number of carbonyl (C=O) groups is 2. The van der Waals surface area contributed by atoms with Crippen LogP contribution in [0.15, 0.2) is 24.3 Å². The highest BCUT2D eigenvalue weighted by Gasteiger charge is 2.69. The van der Waals surface area contributed by atoms with Crippen molar-refractivity contribution in [1.29, 1.82) is 0 Å². The third-order valence-corrected chi connectivity index (χ3v) is 4.82. The van der Waals surface area contributed by atoms with Crippen molar-refractivity contribution in [2.45, 2.75) is 63.7 Å². The molecule has 2 saturated heterocycles. The molecule has 3 atom stereocenters. The van der Waals surface area contributed by atoms with Crippen molar-refractivity contribution in [3.8, 4) is 5.75 Å². The number of ether oxygens (including phenoxy) is 3. The lowest BCUT2D eigenvalue weighted by molar-refractivity contribution is -0.181. The summed E-state index contributed by atoms with van der Waals surface area (Å²) in [6.45, 7) is 9.01. The Bertz CT molecular complexity index is 770. The lowest BCUT2D eigenvalue weighted by Crippen LogP contribution is -2.83. The van der Waals surface area contributed by atoms with Crippen LogP contribution in [0.5, 0.6) is 5.75 Å². The van der Waals surface area contributed by atoms with Gasteiger partial charge in [0.2, 0.25) is 5.60 Å². The van der Waals surface area contributed by atoms with Crippen molar-refractivity contribution in [1.82, 2.24) is 5.32 Å². The molecule has 28 heavy (non-hydrogen) atoms. The Morgan fingerprint density at radius 3 is 2.36 bits per heavy atom. The Labute approximate surface area is 164 Å². The van der Waals surface area contributed by atoms with Crippen LogP contribution in [-0.4, -0.2) is 59.7 Å². The van der Waals surface area contributed by atoms with Crippen LogP contribution in [0.4, 0.5) is 5.69 Å². The van der Waals surface area contributed by atoms with Crippen molar-refractivity contribution in [2.75, 3.05) is 18.6 Å². The van der Waals surface area contributed by atoms with Gasteiger partial charge in [-0.25, -0.2) is 0 Å². The second kappa shape index (κ2) is 6.72. The SMILES string of the molecule is COc1ccc(N2C(=O)[C@@](O)(C(=O)NC(C)(C)C)[C@@H]2[C@H]2COC(C)(C)O2)cc1. The number of hydrogen-bond donors (Lipinski definition) is 2. The molecule has 0 unspecified atom stereocenters. The first kappa shape index (κ1) is 20.6. The molecule has 8 nitrogen and oxygen atoms in total. The molecule has 1 aromatic rings. The zero-order valence-corrected chi connectivity index (χ0v) is 17.1. The summed E-state index contributed by atoms with van der Waals surface area (Å²) in [5.74, 6) is -1.67. The number of nitrogens with one attached hydrogen (secondary N) is 1. The number of aliphatic hydroxyl groups is 1. The van der Waals surface area contributed by atoms with Gasteiger partial charge < -0.3 is 24.6 Å². The molecule has 1 aromatic carbocycles. The normalized spacial score (nSPS) is 29.4. The lowest BCUT2D eigenvalue weighted by Gasteiger charge is -2.53. The van der Waals surface area contributed by atoms with Crippen LogP contribution < -0.4 is 15.0 Å². The van der Waals surface area contributed by atoms with E-state index in [9.17, 15) is 14.7 Å². The molecule has 0 spiro atoms. The Morgan fingerprint density at radius 1 is 1.29 bits per heavy atom. The number of benzene rings is 1. The Morgan fingerprint density at radius 2 is 1.89 bits per heavy atom. The Balaban J connectivity index is 1.96. The molecule has 3 rings (SSSR count). The second-order valence-corrected chi connectivity index (χ2v) is 8.66. The summed E-state index contributed by atoms with van der Waals surface area (Å²) >= 11 is 0. The molecule has 2 aliphatic rings. The minimum absolute atomic E-state index is 0.155. The number of β-lactam (4-membered cyclic amide) rings is 1. The average molecular weight is 392 g/mol. The number of hydrogen-bond acceptors (Lipinski definition) is 6. The van der Waals surface area contributed by atoms with Crippen molar-refractivity contribution >= 4 is 17.5 Å². The molecule has 2 fully saturated rings. The van der Waals surface area contributed by atoms with E-state index in [2.05, 4.69) is 5.32 Å². The first-order chi connectivity index (χ1) is 12.9. The fourth-order valence-corrected chi connectivity index (χ4v) is 3.55. The molecule has 0 aliphatic carbocycles. The van der Waals surface area contributed by atoms with Crippen LogP contribution in [0, 0.1) is 0 Å². The number of rotatable bonds is 4. The van der Waals surface area contributed by atoms with Gasteiger partial charge in [-0.05, 0) is 58.9 Å². The summed E-state index contributed by atoms with van der Waals surface area (Å²) < 4.78 is 16.7. The molecule has 0 radical (unpaired) electrons. The van der Waals surface area contributed by atoms with E-state index < -0.39 is 40.9 Å². The molecule has 2 aliphatic heterocycles. The van der Waals surface area contributed by atoms with Gasteiger partial charge in [0.05, 0.1) is 13.7 Å². The van der Waals surface area contributed by atoms with E-state index in [-0.39, 0.29) is 6.61 Å². The van der Waals surface area contributed by atoms with Crippen LogP contribution in [0.25, 0.3) is 0 Å². The molecule has 8 heteroatoms. The summed E-state index contributed by atoms with van der Waals surface area (Å²) in [7, 11) is 1.55. The Kier molecular flexibility index (Phi) is 4.94. The van der Waals surface area contributed by atoms with Gasteiger partial charge in [0, 0.05) is 11.2 Å². The zero-order chi connectivity index (χ0) is 20.9. The van der Waals surface area contributed by atoms with Crippen molar-refractivity contribution in [2.24, 2.45) is 0 Å². The van der Waals surface area contributed by atoms with Gasteiger partial charge in [-0.3, -0.25) is 14.5 Å². The van der Waals surface area contributed by atoms with Crippen molar-refractivity contribution < 1.29 is 28.9 Å². The average Bonchev–Trinajstić information content (AvgIpc) is 2.96. The Hall–Kier alpha value is -2.16. The number of carbonyl (C=O) groups excluding carboxylic acids is 2. The van der Waals surface area contributed by atoms with Gasteiger partial charge in [-0.1, -0.05) is 0 Å². The maximum absolute atomic E-state index is 13.0. The minimum atomic E-state index is -2.23. The van der Waals surface area contributed by atoms with E-state index in [0.29, 0.717) is 11.4 Å². The van der Waals surface area contributed by atoms with Gasteiger partial charge in [0.1, 0.15) is 17.9 Å². The predicted octanol–water partition coefficient (Wildman–Crippen LogP) is 1.21. The smallest absolute Gasteiger partial charge is 0.271 e. The van der Waals surface area contributed by atoms with Gasteiger partial charge in [-0.2, -0.15) is 0 Å². The maximum atomic E-state index is 13.0. The molecule has 2 N–H and O–H groups in total. The maximum Gasteiger partial charge on any atom is 0.271 e. The van der Waals surface area contributed by atoms with E-state index in [0.717, 1.165) is 0 Å². The summed E-state index contributed by atoms with van der Waals surface area (Å²) in [5, 5.41) is 13.9. The van der Waals surface area contributed by atoms with Crippen molar-refractivity contribution in [3.63, 3.8) is 0 Å². The summed E-state index contributed by atoms with van der Waals surface area (Å²) in [4.78, 5) is 27.2. The largest absolute Gasteiger partial charge is 0.497 e. The van der Waals surface area contributed by atoms with Gasteiger partial charge >= 0.3 is 0 Å². The molecule has 0 aromatic heterocycles. The molecular formula is C20H28N2O6. The molecule has 154 valence electrons. The third-order valence-electron chi connectivity index (χ3n) is 4.82. The number of methoxy groups -OCH3 is 1. The van der Waals surface area contributed by atoms with Crippen LogP contribution in [0.2, 0.25) is 0 Å². The summed E-state index contributed by atoms with van der Waals surface area (Å²) in [6, 6.07) is 5.90. The first-order valence-corrected chi connectivity index (χ1v) is 9.23. The third kappa shape index (κ3) is 3.47. The molecule has 2 heterocycles. The van der Waals surface area contributed by atoms with E-state index in [4.69, 9.17) is 14.2 Å². The summed E-state index contributed by atoms with van der Waals surface area (Å²) in [5.41, 5.74) is -2.30. The van der Waals surface area contributed by atoms with E-state index in [1.165, 1.54) is 4.90 Å². The van der Waals surface area contributed by atoms with E-state index in [1.54, 1.807) is 66.0 Å². The molecular weight excluding hydrogens is 364 g/mol. The number of amides is 2. The highest BCUT2D eigenvalue weighted by molar-refractivity contribution is 6.22. The second-order valence-electron chi connectivity index (χ2n) is 8.66. The molecule has 0 saturated carbocycles. The minimum Gasteiger partial charge on any atom is -0.497 e. The molecule has 0 bridgehead atoms. The van der Waals surface area contributed by atoms with E-state index in [1.807, 2.05) is 0 Å². The number of nitrogens with zero attached hydrogens (tertiary/aromatic N) is 1. The fourth-order valence-electron chi connectivity index (χ4n) is 3.55. The standard InChI is InChI=1S/C20H28N2O6/c1-18(2,3)21-16(23)20(25)15(14-11-27-19(4,5)28-14)22(17(20)24)12-7-9-13(26-6)10-8-12/h7-10,14-15,25H,11H2,1-6H3,(H,21,23)/t14-,15+,20+/m1/s1.